The number of hydrogen-bond acceptors (Lipinski definition) is 6. The van der Waals surface area contributed by atoms with E-state index in [2.05, 4.69) is 34.3 Å². The minimum atomic E-state index is -0.278. The molecule has 5 nitrogen and oxygen atoms in total. The van der Waals surface area contributed by atoms with Crippen molar-refractivity contribution in [2.75, 3.05) is 23.3 Å². The highest BCUT2D eigenvalue weighted by Gasteiger charge is 2.23. The molecule has 0 saturated carbocycles. The Morgan fingerprint density at radius 3 is 2.48 bits per heavy atom. The van der Waals surface area contributed by atoms with E-state index in [9.17, 15) is 4.39 Å². The van der Waals surface area contributed by atoms with Crippen LogP contribution in [0.2, 0.25) is 0 Å². The lowest BCUT2D eigenvalue weighted by Crippen LogP contribution is -2.29. The molecule has 1 aliphatic rings. The number of benzene rings is 2. The molecule has 1 atom stereocenters. The Hall–Kier alpha value is -3.32. The average molecular weight is 460 g/mol. The Balaban J connectivity index is 1.52. The van der Waals surface area contributed by atoms with Gasteiger partial charge in [0.25, 0.3) is 0 Å². The van der Waals surface area contributed by atoms with Crippen LogP contribution >= 0.6 is 11.3 Å². The zero-order chi connectivity index (χ0) is 22.6. The molecule has 5 rings (SSSR count). The van der Waals surface area contributed by atoms with Crippen LogP contribution in [-0.2, 0) is 0 Å². The van der Waals surface area contributed by atoms with Gasteiger partial charge in [-0.3, -0.25) is 0 Å². The van der Waals surface area contributed by atoms with Crippen molar-refractivity contribution < 1.29 is 4.39 Å². The van der Waals surface area contributed by atoms with E-state index in [1.807, 2.05) is 30.3 Å². The number of nitrogens with zero attached hydrogens (tertiary/aromatic N) is 4. The summed E-state index contributed by atoms with van der Waals surface area (Å²) in [4.78, 5) is 17.3. The lowest BCUT2D eigenvalue weighted by atomic mass is 10.1. The summed E-state index contributed by atoms with van der Waals surface area (Å²) in [5.41, 5.74) is 3.03. The summed E-state index contributed by atoms with van der Waals surface area (Å²) in [6, 6.07) is 18.9. The number of thiazole rings is 1. The van der Waals surface area contributed by atoms with Gasteiger partial charge in [-0.15, -0.1) is 0 Å². The SMILES string of the molecule is C[C@H](Nc1nccc(-c2sc(N3CCCCC3)nc2-c2ccccc2F)n1)c1ccccc1. The number of nitrogens with one attached hydrogen (secondary N) is 1. The Morgan fingerprint density at radius 2 is 1.70 bits per heavy atom. The quantitative estimate of drug-likeness (QED) is 0.353. The number of hydrogen-bond donors (Lipinski definition) is 1. The fraction of sp³-hybridized carbons (Fsp3) is 0.269. The summed E-state index contributed by atoms with van der Waals surface area (Å²) in [5.74, 6) is 0.260. The van der Waals surface area contributed by atoms with Crippen LogP contribution in [0.1, 0.15) is 37.8 Å². The van der Waals surface area contributed by atoms with Crippen molar-refractivity contribution in [2.24, 2.45) is 0 Å². The second-order valence-corrected chi connectivity index (χ2v) is 9.22. The molecule has 0 unspecified atom stereocenters. The normalized spacial score (nSPS) is 14.8. The molecule has 33 heavy (non-hydrogen) atoms. The highest BCUT2D eigenvalue weighted by molar-refractivity contribution is 7.19. The van der Waals surface area contributed by atoms with Gasteiger partial charge in [0.05, 0.1) is 22.3 Å². The zero-order valence-electron chi connectivity index (χ0n) is 18.5. The highest BCUT2D eigenvalue weighted by atomic mass is 32.1. The molecule has 7 heteroatoms. The maximum atomic E-state index is 14.8. The smallest absolute Gasteiger partial charge is 0.223 e. The van der Waals surface area contributed by atoms with Crippen molar-refractivity contribution in [2.45, 2.75) is 32.2 Å². The van der Waals surface area contributed by atoms with Gasteiger partial charge < -0.3 is 10.2 Å². The van der Waals surface area contributed by atoms with Crippen molar-refractivity contribution >= 4 is 22.4 Å². The topological polar surface area (TPSA) is 53.9 Å². The van der Waals surface area contributed by atoms with E-state index in [0.29, 0.717) is 17.2 Å². The van der Waals surface area contributed by atoms with Crippen LogP contribution in [0.4, 0.5) is 15.5 Å². The fourth-order valence-electron chi connectivity index (χ4n) is 4.11. The molecule has 0 amide bonds. The Kier molecular flexibility index (Phi) is 6.30. The van der Waals surface area contributed by atoms with Crippen LogP contribution in [0.5, 0.6) is 0 Å². The van der Waals surface area contributed by atoms with Crippen molar-refractivity contribution in [1.82, 2.24) is 15.0 Å². The summed E-state index contributed by atoms with van der Waals surface area (Å²) in [5, 5.41) is 4.31. The van der Waals surface area contributed by atoms with E-state index < -0.39 is 0 Å². The maximum absolute atomic E-state index is 14.8. The van der Waals surface area contributed by atoms with E-state index in [1.165, 1.54) is 12.5 Å². The lowest BCUT2D eigenvalue weighted by Gasteiger charge is -2.25. The van der Waals surface area contributed by atoms with Crippen LogP contribution in [0, 0.1) is 5.82 Å². The molecule has 1 saturated heterocycles. The van der Waals surface area contributed by atoms with Gasteiger partial charge in [0.1, 0.15) is 5.82 Å². The molecule has 1 aliphatic heterocycles. The van der Waals surface area contributed by atoms with Gasteiger partial charge in [0.2, 0.25) is 5.95 Å². The lowest BCUT2D eigenvalue weighted by molar-refractivity contribution is 0.577. The maximum Gasteiger partial charge on any atom is 0.223 e. The van der Waals surface area contributed by atoms with Gasteiger partial charge in [0, 0.05) is 24.8 Å². The van der Waals surface area contributed by atoms with E-state index in [1.54, 1.807) is 29.7 Å². The first-order valence-electron chi connectivity index (χ1n) is 11.3. The van der Waals surface area contributed by atoms with E-state index in [4.69, 9.17) is 9.97 Å². The molecule has 2 aromatic carbocycles. The molecule has 2 aromatic heterocycles. The molecule has 1 N–H and O–H groups in total. The molecule has 0 bridgehead atoms. The number of anilines is 2. The third-order valence-corrected chi connectivity index (χ3v) is 7.04. The van der Waals surface area contributed by atoms with Gasteiger partial charge in [-0.25, -0.2) is 19.3 Å². The molecule has 4 aromatic rings. The number of halogens is 1. The minimum Gasteiger partial charge on any atom is -0.348 e. The summed E-state index contributed by atoms with van der Waals surface area (Å²) in [6.45, 7) is 4.04. The summed E-state index contributed by atoms with van der Waals surface area (Å²) < 4.78 is 14.8. The second-order valence-electron chi connectivity index (χ2n) is 8.24. The number of rotatable bonds is 6. The number of piperidine rings is 1. The molecule has 0 radical (unpaired) electrons. The van der Waals surface area contributed by atoms with Gasteiger partial charge in [0.15, 0.2) is 5.13 Å². The minimum absolute atomic E-state index is 0.0536. The summed E-state index contributed by atoms with van der Waals surface area (Å²) >= 11 is 1.58. The Bertz CT molecular complexity index is 1220. The predicted octanol–water partition coefficient (Wildman–Crippen LogP) is 6.57. The standard InChI is InChI=1S/C26H26FN5S/c1-18(19-10-4-2-5-11-19)29-25-28-15-14-22(30-25)24-23(20-12-6-7-13-21(20)27)31-26(33-24)32-16-8-3-9-17-32/h2,4-7,10-15,18H,3,8-9,16-17H2,1H3,(H,28,29,30)/t18-/m0/s1. The molecular weight excluding hydrogens is 433 g/mol. The Labute approximate surface area is 197 Å². The Morgan fingerprint density at radius 1 is 0.939 bits per heavy atom. The monoisotopic (exact) mass is 459 g/mol. The molecule has 0 spiro atoms. The van der Waals surface area contributed by atoms with Crippen LogP contribution < -0.4 is 10.2 Å². The van der Waals surface area contributed by atoms with Crippen LogP contribution in [0.15, 0.2) is 66.9 Å². The first-order chi connectivity index (χ1) is 16.2. The van der Waals surface area contributed by atoms with E-state index in [-0.39, 0.29) is 11.9 Å². The van der Waals surface area contributed by atoms with Crippen molar-refractivity contribution in [1.29, 1.82) is 0 Å². The highest BCUT2D eigenvalue weighted by Crippen LogP contribution is 2.41. The van der Waals surface area contributed by atoms with Crippen LogP contribution in [-0.4, -0.2) is 28.0 Å². The molecule has 0 aliphatic carbocycles. The summed E-state index contributed by atoms with van der Waals surface area (Å²) in [7, 11) is 0. The van der Waals surface area contributed by atoms with Crippen molar-refractivity contribution in [3.63, 3.8) is 0 Å². The third kappa shape index (κ3) is 4.73. The van der Waals surface area contributed by atoms with E-state index in [0.717, 1.165) is 47.2 Å². The second kappa shape index (κ2) is 9.67. The zero-order valence-corrected chi connectivity index (χ0v) is 19.4. The van der Waals surface area contributed by atoms with Crippen LogP contribution in [0.25, 0.3) is 21.8 Å². The van der Waals surface area contributed by atoms with Gasteiger partial charge in [-0.05, 0) is 49.9 Å². The molecule has 1 fully saturated rings. The molecular formula is C26H26FN5S. The first-order valence-corrected chi connectivity index (χ1v) is 12.2. The summed E-state index contributed by atoms with van der Waals surface area (Å²) in [6.07, 6.45) is 5.30. The molecule has 3 heterocycles. The third-order valence-electron chi connectivity index (χ3n) is 5.90. The van der Waals surface area contributed by atoms with Gasteiger partial charge in [-0.1, -0.05) is 53.8 Å². The van der Waals surface area contributed by atoms with E-state index >= 15 is 0 Å². The predicted molar refractivity (Wildman–Crippen MR) is 133 cm³/mol. The van der Waals surface area contributed by atoms with Gasteiger partial charge in [-0.2, -0.15) is 0 Å². The van der Waals surface area contributed by atoms with Crippen molar-refractivity contribution in [3.8, 4) is 21.8 Å². The van der Waals surface area contributed by atoms with Crippen molar-refractivity contribution in [3.05, 3.63) is 78.2 Å². The number of aromatic nitrogens is 3. The fourth-order valence-corrected chi connectivity index (χ4v) is 5.21. The van der Waals surface area contributed by atoms with Crippen LogP contribution in [0.3, 0.4) is 0 Å². The average Bonchev–Trinajstić information content (AvgIpc) is 3.31. The largest absolute Gasteiger partial charge is 0.348 e. The van der Waals surface area contributed by atoms with Gasteiger partial charge >= 0.3 is 0 Å². The first kappa shape index (κ1) is 21.5. The molecule has 168 valence electrons.